The van der Waals surface area contributed by atoms with Gasteiger partial charge in [0.2, 0.25) is 0 Å². The van der Waals surface area contributed by atoms with E-state index < -0.39 is 0 Å². The number of hydrogen-bond acceptors (Lipinski definition) is 3. The summed E-state index contributed by atoms with van der Waals surface area (Å²) < 4.78 is 5.14. The van der Waals surface area contributed by atoms with Crippen LogP contribution < -0.4 is 5.32 Å². The molecule has 4 nitrogen and oxygen atoms in total. The number of furan rings is 1. The first-order valence-corrected chi connectivity index (χ1v) is 5.21. The third kappa shape index (κ3) is 2.04. The Morgan fingerprint density at radius 2 is 2.47 bits per heavy atom. The molecular formula is C11H16N2O2. The maximum absolute atomic E-state index is 12.0. The molecule has 0 radical (unpaired) electrons. The lowest BCUT2D eigenvalue weighted by Crippen LogP contribution is -2.38. The van der Waals surface area contributed by atoms with Gasteiger partial charge in [0.05, 0.1) is 5.56 Å². The second-order valence-electron chi connectivity index (χ2n) is 4.01. The van der Waals surface area contributed by atoms with Gasteiger partial charge in [-0.05, 0) is 26.0 Å². The minimum atomic E-state index is 0.0422. The fourth-order valence-electron chi connectivity index (χ4n) is 1.90. The summed E-state index contributed by atoms with van der Waals surface area (Å²) in [6.45, 7) is 3.72. The summed E-state index contributed by atoms with van der Waals surface area (Å²) in [7, 11) is 1.85. The van der Waals surface area contributed by atoms with E-state index in [2.05, 4.69) is 5.32 Å². The van der Waals surface area contributed by atoms with Crippen molar-refractivity contribution in [1.29, 1.82) is 0 Å². The maximum atomic E-state index is 12.0. The highest BCUT2D eigenvalue weighted by molar-refractivity contribution is 5.94. The van der Waals surface area contributed by atoms with Gasteiger partial charge in [-0.2, -0.15) is 0 Å². The molecule has 1 unspecified atom stereocenters. The highest BCUT2D eigenvalue weighted by atomic mass is 16.3. The van der Waals surface area contributed by atoms with Crippen LogP contribution >= 0.6 is 0 Å². The second kappa shape index (κ2) is 4.06. The number of nitrogens with zero attached hydrogens (tertiary/aromatic N) is 1. The van der Waals surface area contributed by atoms with Crippen molar-refractivity contribution >= 4 is 5.91 Å². The van der Waals surface area contributed by atoms with Gasteiger partial charge >= 0.3 is 0 Å². The minimum Gasteiger partial charge on any atom is -0.469 e. The average molecular weight is 208 g/mol. The molecule has 0 saturated carbocycles. The predicted octanol–water partition coefficient (Wildman–Crippen LogP) is 1.02. The Kier molecular flexibility index (Phi) is 2.77. The van der Waals surface area contributed by atoms with Crippen LogP contribution in [0.2, 0.25) is 0 Å². The van der Waals surface area contributed by atoms with E-state index in [9.17, 15) is 4.79 Å². The zero-order valence-corrected chi connectivity index (χ0v) is 9.12. The van der Waals surface area contributed by atoms with E-state index in [1.54, 1.807) is 11.0 Å². The predicted molar refractivity (Wildman–Crippen MR) is 56.8 cm³/mol. The van der Waals surface area contributed by atoms with Crippen molar-refractivity contribution in [3.05, 3.63) is 23.7 Å². The van der Waals surface area contributed by atoms with Crippen molar-refractivity contribution in [2.75, 3.05) is 20.1 Å². The lowest BCUT2D eigenvalue weighted by Gasteiger charge is -2.22. The van der Waals surface area contributed by atoms with E-state index in [1.807, 2.05) is 14.0 Å². The summed E-state index contributed by atoms with van der Waals surface area (Å²) in [4.78, 5) is 13.8. The molecule has 2 heterocycles. The molecule has 1 amide bonds. The van der Waals surface area contributed by atoms with Crippen molar-refractivity contribution < 1.29 is 9.21 Å². The summed E-state index contributed by atoms with van der Waals surface area (Å²) in [5.41, 5.74) is 0.641. The summed E-state index contributed by atoms with van der Waals surface area (Å²) >= 11 is 0. The van der Waals surface area contributed by atoms with E-state index in [-0.39, 0.29) is 5.91 Å². The number of hydrogen-bond donors (Lipinski definition) is 1. The minimum absolute atomic E-state index is 0.0422. The third-order valence-electron chi connectivity index (χ3n) is 2.88. The quantitative estimate of drug-likeness (QED) is 0.789. The molecule has 0 aliphatic carbocycles. The summed E-state index contributed by atoms with van der Waals surface area (Å²) in [5.74, 6) is 0.817. The van der Waals surface area contributed by atoms with Crippen LogP contribution in [0.3, 0.4) is 0 Å². The van der Waals surface area contributed by atoms with Crippen LogP contribution in [-0.4, -0.2) is 37.0 Å². The number of aryl methyl sites for hydroxylation is 1. The summed E-state index contributed by atoms with van der Waals surface area (Å²) in [6.07, 6.45) is 2.55. The molecule has 0 bridgehead atoms. The lowest BCUT2D eigenvalue weighted by molar-refractivity contribution is 0.0743. The highest BCUT2D eigenvalue weighted by Gasteiger charge is 2.24. The number of amides is 1. The van der Waals surface area contributed by atoms with Crippen molar-refractivity contribution in [1.82, 2.24) is 10.2 Å². The molecule has 0 spiro atoms. The molecular weight excluding hydrogens is 192 g/mol. The van der Waals surface area contributed by atoms with E-state index in [0.717, 1.165) is 25.3 Å². The van der Waals surface area contributed by atoms with Gasteiger partial charge in [-0.15, -0.1) is 0 Å². The number of rotatable bonds is 2. The van der Waals surface area contributed by atoms with Crippen molar-refractivity contribution in [2.24, 2.45) is 0 Å². The molecule has 1 atom stereocenters. The molecule has 1 fully saturated rings. The fraction of sp³-hybridized carbons (Fsp3) is 0.545. The summed E-state index contributed by atoms with van der Waals surface area (Å²) in [5, 5.41) is 3.25. The molecule has 0 aromatic carbocycles. The smallest absolute Gasteiger partial charge is 0.257 e. The first-order valence-electron chi connectivity index (χ1n) is 5.21. The van der Waals surface area contributed by atoms with Gasteiger partial charge in [0.1, 0.15) is 12.0 Å². The number of carbonyl (C=O) groups excluding carboxylic acids is 1. The van der Waals surface area contributed by atoms with Gasteiger partial charge in [0.15, 0.2) is 0 Å². The molecule has 1 N–H and O–H groups in total. The molecule has 2 rings (SSSR count). The lowest BCUT2D eigenvalue weighted by atomic mass is 10.2. The molecule has 1 saturated heterocycles. The molecule has 15 heavy (non-hydrogen) atoms. The van der Waals surface area contributed by atoms with Gasteiger partial charge < -0.3 is 14.6 Å². The maximum Gasteiger partial charge on any atom is 0.257 e. The summed E-state index contributed by atoms with van der Waals surface area (Å²) in [6, 6.07) is 2.09. The van der Waals surface area contributed by atoms with Crippen LogP contribution in [0.25, 0.3) is 0 Å². The Bertz CT molecular complexity index is 353. The van der Waals surface area contributed by atoms with Crippen LogP contribution in [-0.2, 0) is 0 Å². The molecule has 4 heteroatoms. The van der Waals surface area contributed by atoms with Gasteiger partial charge in [-0.3, -0.25) is 4.79 Å². The van der Waals surface area contributed by atoms with Crippen molar-refractivity contribution in [3.63, 3.8) is 0 Å². The average Bonchev–Trinajstić information content (AvgIpc) is 2.85. The number of nitrogens with one attached hydrogen (secondary N) is 1. The normalized spacial score (nSPS) is 20.5. The standard InChI is InChI=1S/C11H16N2O2/c1-8-5-9(7-15-8)11(14)13(2)10-3-4-12-6-10/h5,7,10,12H,3-4,6H2,1-2H3. The van der Waals surface area contributed by atoms with E-state index in [4.69, 9.17) is 4.42 Å². The van der Waals surface area contributed by atoms with Crippen LogP contribution in [0.5, 0.6) is 0 Å². The SMILES string of the molecule is Cc1cc(C(=O)N(C)C2CCNC2)co1. The van der Waals surface area contributed by atoms with Crippen molar-refractivity contribution in [2.45, 2.75) is 19.4 Å². The van der Waals surface area contributed by atoms with Gasteiger partial charge in [-0.25, -0.2) is 0 Å². The molecule has 1 aromatic heterocycles. The van der Waals surface area contributed by atoms with Crippen LogP contribution in [0.15, 0.2) is 16.7 Å². The van der Waals surface area contributed by atoms with Crippen molar-refractivity contribution in [3.8, 4) is 0 Å². The van der Waals surface area contributed by atoms with E-state index in [0.29, 0.717) is 11.6 Å². The van der Waals surface area contributed by atoms with Gasteiger partial charge in [-0.1, -0.05) is 0 Å². The first kappa shape index (κ1) is 10.2. The number of likely N-dealkylation sites (N-methyl/N-ethyl adjacent to an activating group) is 1. The Labute approximate surface area is 89.2 Å². The van der Waals surface area contributed by atoms with E-state index in [1.165, 1.54) is 6.26 Å². The van der Waals surface area contributed by atoms with Crippen LogP contribution in [0, 0.1) is 6.92 Å². The second-order valence-corrected chi connectivity index (χ2v) is 4.01. The van der Waals surface area contributed by atoms with Crippen LogP contribution in [0.1, 0.15) is 22.5 Å². The Hall–Kier alpha value is -1.29. The molecule has 1 aliphatic heterocycles. The number of carbonyl (C=O) groups is 1. The van der Waals surface area contributed by atoms with E-state index >= 15 is 0 Å². The zero-order valence-electron chi connectivity index (χ0n) is 9.12. The molecule has 82 valence electrons. The third-order valence-corrected chi connectivity index (χ3v) is 2.88. The zero-order chi connectivity index (χ0) is 10.8. The van der Waals surface area contributed by atoms with Gasteiger partial charge in [0.25, 0.3) is 5.91 Å². The Balaban J connectivity index is 2.06. The topological polar surface area (TPSA) is 45.5 Å². The molecule has 1 aliphatic rings. The molecule has 1 aromatic rings. The fourth-order valence-corrected chi connectivity index (χ4v) is 1.90. The Morgan fingerprint density at radius 1 is 1.67 bits per heavy atom. The Morgan fingerprint density at radius 3 is 3.00 bits per heavy atom. The van der Waals surface area contributed by atoms with Gasteiger partial charge in [0, 0.05) is 19.6 Å². The monoisotopic (exact) mass is 208 g/mol. The largest absolute Gasteiger partial charge is 0.469 e. The highest BCUT2D eigenvalue weighted by Crippen LogP contribution is 2.13. The van der Waals surface area contributed by atoms with Crippen LogP contribution in [0.4, 0.5) is 0 Å². The first-order chi connectivity index (χ1) is 7.18.